The molecule has 0 unspecified atom stereocenters. The molecule has 0 bridgehead atoms. The van der Waals surface area contributed by atoms with Gasteiger partial charge in [0.05, 0.1) is 12.8 Å². The number of benzene rings is 1. The Morgan fingerprint density at radius 2 is 1.83 bits per heavy atom. The molecule has 0 spiro atoms. The number of hydrogen-bond donors (Lipinski definition) is 1. The molecule has 5 nitrogen and oxygen atoms in total. The lowest BCUT2D eigenvalue weighted by atomic mass is 10.1. The van der Waals surface area contributed by atoms with Crippen molar-refractivity contribution in [3.8, 4) is 17.1 Å². The molecule has 1 N–H and O–H groups in total. The molecule has 1 amide bonds. The number of carbonyl (C=O) groups is 1. The second kappa shape index (κ2) is 5.27. The Hall–Kier alpha value is -2.43. The van der Waals surface area contributed by atoms with Crippen LogP contribution in [-0.2, 0) is 0 Å². The minimum absolute atomic E-state index is 0.109. The third kappa shape index (κ3) is 2.45. The van der Waals surface area contributed by atoms with Crippen molar-refractivity contribution in [2.24, 2.45) is 0 Å². The van der Waals surface area contributed by atoms with E-state index in [0.717, 1.165) is 11.3 Å². The fourth-order valence-corrected chi connectivity index (χ4v) is 1.52. The van der Waals surface area contributed by atoms with Gasteiger partial charge in [0.15, 0.2) is 0 Å². The van der Waals surface area contributed by atoms with Crippen LogP contribution in [0.5, 0.6) is 5.88 Å². The predicted octanol–water partition coefficient (Wildman–Crippen LogP) is 1.51. The molecule has 2 rings (SSSR count). The number of hydrogen-bond acceptors (Lipinski definition) is 4. The third-order valence-corrected chi connectivity index (χ3v) is 2.52. The molecule has 1 aromatic carbocycles. The maximum Gasteiger partial charge on any atom is 0.251 e. The van der Waals surface area contributed by atoms with Crippen molar-refractivity contribution in [1.29, 1.82) is 0 Å². The van der Waals surface area contributed by atoms with Gasteiger partial charge in [-0.25, -0.2) is 0 Å². The highest BCUT2D eigenvalue weighted by molar-refractivity contribution is 5.94. The minimum atomic E-state index is -0.109. The topological polar surface area (TPSA) is 64.1 Å². The summed E-state index contributed by atoms with van der Waals surface area (Å²) in [5.74, 6) is 0.364. The summed E-state index contributed by atoms with van der Waals surface area (Å²) >= 11 is 0. The molecule has 0 fully saturated rings. The number of nitrogens with one attached hydrogen (secondary N) is 1. The highest BCUT2D eigenvalue weighted by Gasteiger charge is 2.05. The van der Waals surface area contributed by atoms with Gasteiger partial charge in [0.25, 0.3) is 5.91 Å². The van der Waals surface area contributed by atoms with Crippen molar-refractivity contribution in [3.63, 3.8) is 0 Å². The van der Waals surface area contributed by atoms with Crippen molar-refractivity contribution < 1.29 is 9.53 Å². The van der Waals surface area contributed by atoms with Crippen LogP contribution in [0.25, 0.3) is 11.3 Å². The van der Waals surface area contributed by atoms with Gasteiger partial charge in [0, 0.05) is 24.2 Å². The largest absolute Gasteiger partial charge is 0.480 e. The van der Waals surface area contributed by atoms with Crippen molar-refractivity contribution >= 4 is 5.91 Å². The lowest BCUT2D eigenvalue weighted by Crippen LogP contribution is -2.17. The number of rotatable bonds is 3. The van der Waals surface area contributed by atoms with Crippen molar-refractivity contribution in [2.45, 2.75) is 0 Å². The summed E-state index contributed by atoms with van der Waals surface area (Å²) in [5, 5.41) is 10.5. The quantitative estimate of drug-likeness (QED) is 0.887. The molecule has 1 aromatic heterocycles. The van der Waals surface area contributed by atoms with Crippen LogP contribution in [0.3, 0.4) is 0 Å². The van der Waals surface area contributed by atoms with Crippen molar-refractivity contribution in [1.82, 2.24) is 15.5 Å². The molecular formula is C13H13N3O2. The van der Waals surface area contributed by atoms with Gasteiger partial charge in [-0.3, -0.25) is 4.79 Å². The molecule has 0 saturated carbocycles. The first-order valence-corrected chi connectivity index (χ1v) is 5.45. The van der Waals surface area contributed by atoms with E-state index in [2.05, 4.69) is 15.5 Å². The van der Waals surface area contributed by atoms with E-state index in [1.165, 1.54) is 0 Å². The molecule has 0 atom stereocenters. The molecule has 0 saturated heterocycles. The Labute approximate surface area is 105 Å². The van der Waals surface area contributed by atoms with E-state index in [-0.39, 0.29) is 5.91 Å². The van der Waals surface area contributed by atoms with Crippen LogP contribution < -0.4 is 10.1 Å². The second-order valence-corrected chi connectivity index (χ2v) is 3.62. The molecule has 0 aliphatic rings. The van der Waals surface area contributed by atoms with Gasteiger partial charge >= 0.3 is 0 Å². The fraction of sp³-hybridized carbons (Fsp3) is 0.154. The van der Waals surface area contributed by atoms with Gasteiger partial charge in [0.2, 0.25) is 5.88 Å². The Bertz CT molecular complexity index is 535. The first-order chi connectivity index (χ1) is 8.74. The molecule has 5 heteroatoms. The number of carbonyl (C=O) groups excluding carboxylic acids is 1. The Morgan fingerprint density at radius 3 is 2.33 bits per heavy atom. The zero-order chi connectivity index (χ0) is 13.0. The van der Waals surface area contributed by atoms with E-state index < -0.39 is 0 Å². The van der Waals surface area contributed by atoms with Gasteiger partial charge in [0.1, 0.15) is 0 Å². The highest BCUT2D eigenvalue weighted by atomic mass is 16.5. The SMILES string of the molecule is CNC(=O)c1ccc(-c2ccc(OC)nn2)cc1. The number of nitrogens with zero attached hydrogens (tertiary/aromatic N) is 2. The van der Waals surface area contributed by atoms with E-state index in [4.69, 9.17) is 4.74 Å². The first kappa shape index (κ1) is 12.0. The van der Waals surface area contributed by atoms with E-state index >= 15 is 0 Å². The summed E-state index contributed by atoms with van der Waals surface area (Å²) in [7, 11) is 3.15. The number of ether oxygens (including phenoxy) is 1. The molecule has 0 radical (unpaired) electrons. The van der Waals surface area contributed by atoms with Crippen molar-refractivity contribution in [3.05, 3.63) is 42.0 Å². The van der Waals surface area contributed by atoms with Crippen LogP contribution >= 0.6 is 0 Å². The second-order valence-electron chi connectivity index (χ2n) is 3.62. The maximum absolute atomic E-state index is 11.4. The Morgan fingerprint density at radius 1 is 1.11 bits per heavy atom. The summed E-state index contributed by atoms with van der Waals surface area (Å²) in [5.41, 5.74) is 2.25. The molecule has 2 aromatic rings. The third-order valence-electron chi connectivity index (χ3n) is 2.52. The minimum Gasteiger partial charge on any atom is -0.480 e. The summed E-state index contributed by atoms with van der Waals surface area (Å²) in [6.07, 6.45) is 0. The van der Waals surface area contributed by atoms with Gasteiger partial charge in [-0.1, -0.05) is 12.1 Å². The van der Waals surface area contributed by atoms with Gasteiger partial charge in [-0.05, 0) is 18.2 Å². The zero-order valence-corrected chi connectivity index (χ0v) is 10.2. The van der Waals surface area contributed by atoms with E-state index in [0.29, 0.717) is 11.4 Å². The summed E-state index contributed by atoms with van der Waals surface area (Å²) in [6, 6.07) is 10.7. The van der Waals surface area contributed by atoms with Crippen LogP contribution in [0.1, 0.15) is 10.4 Å². The van der Waals surface area contributed by atoms with Gasteiger partial charge in [-0.2, -0.15) is 0 Å². The highest BCUT2D eigenvalue weighted by Crippen LogP contribution is 2.18. The molecular weight excluding hydrogens is 230 g/mol. The van der Waals surface area contributed by atoms with Crippen LogP contribution in [0, 0.1) is 0 Å². The Balaban J connectivity index is 2.25. The first-order valence-electron chi connectivity index (χ1n) is 5.45. The molecule has 0 aliphatic heterocycles. The molecule has 18 heavy (non-hydrogen) atoms. The monoisotopic (exact) mass is 243 g/mol. The number of methoxy groups -OCH3 is 1. The van der Waals surface area contributed by atoms with Crippen LogP contribution in [0.15, 0.2) is 36.4 Å². The van der Waals surface area contributed by atoms with Gasteiger partial charge < -0.3 is 10.1 Å². The average molecular weight is 243 g/mol. The number of amides is 1. The number of aromatic nitrogens is 2. The van der Waals surface area contributed by atoms with Crippen LogP contribution in [0.4, 0.5) is 0 Å². The summed E-state index contributed by atoms with van der Waals surface area (Å²) in [6.45, 7) is 0. The predicted molar refractivity (Wildman–Crippen MR) is 67.4 cm³/mol. The average Bonchev–Trinajstić information content (AvgIpc) is 2.47. The van der Waals surface area contributed by atoms with E-state index in [9.17, 15) is 4.79 Å². The molecule has 1 heterocycles. The Kier molecular flexibility index (Phi) is 3.52. The van der Waals surface area contributed by atoms with E-state index in [1.807, 2.05) is 18.2 Å². The lowest BCUT2D eigenvalue weighted by molar-refractivity contribution is 0.0963. The van der Waals surface area contributed by atoms with Gasteiger partial charge in [-0.15, -0.1) is 10.2 Å². The zero-order valence-electron chi connectivity index (χ0n) is 10.2. The van der Waals surface area contributed by atoms with Crippen LogP contribution in [0.2, 0.25) is 0 Å². The fourth-order valence-electron chi connectivity index (χ4n) is 1.52. The summed E-state index contributed by atoms with van der Waals surface area (Å²) < 4.78 is 4.94. The molecule has 92 valence electrons. The molecule has 0 aliphatic carbocycles. The lowest BCUT2D eigenvalue weighted by Gasteiger charge is -2.03. The maximum atomic E-state index is 11.4. The van der Waals surface area contributed by atoms with Crippen LogP contribution in [-0.4, -0.2) is 30.3 Å². The van der Waals surface area contributed by atoms with Crippen molar-refractivity contribution in [2.75, 3.05) is 14.2 Å². The normalized spacial score (nSPS) is 9.89. The standard InChI is InChI=1S/C13H13N3O2/c1-14-13(17)10-5-3-9(4-6-10)11-7-8-12(18-2)16-15-11/h3-8H,1-2H3,(H,14,17). The van der Waals surface area contributed by atoms with E-state index in [1.54, 1.807) is 32.4 Å². The summed E-state index contributed by atoms with van der Waals surface area (Å²) in [4.78, 5) is 11.4. The smallest absolute Gasteiger partial charge is 0.251 e.